The molecule has 1 heterocycles. The molecular weight excluding hydrogens is 216 g/mol. The Morgan fingerprint density at radius 2 is 2.29 bits per heavy atom. The van der Waals surface area contributed by atoms with Crippen LogP contribution in [-0.4, -0.2) is 25.7 Å². The van der Waals surface area contributed by atoms with Crippen molar-refractivity contribution in [2.75, 3.05) is 24.3 Å². The molecule has 2 rings (SSSR count). The maximum absolute atomic E-state index is 12.2. The SMILES string of the molecule is CC1CC(C(=O)N(C)c2cccc(N)c2)CO1. The second kappa shape index (κ2) is 4.75. The maximum Gasteiger partial charge on any atom is 0.232 e. The zero-order valence-corrected chi connectivity index (χ0v) is 10.2. The first kappa shape index (κ1) is 11.9. The topological polar surface area (TPSA) is 55.6 Å². The molecule has 0 saturated carbocycles. The van der Waals surface area contributed by atoms with Crippen molar-refractivity contribution in [3.8, 4) is 0 Å². The Balaban J connectivity index is 2.09. The minimum atomic E-state index is -0.0311. The number of rotatable bonds is 2. The van der Waals surface area contributed by atoms with Gasteiger partial charge in [-0.15, -0.1) is 0 Å². The van der Waals surface area contributed by atoms with Crippen molar-refractivity contribution < 1.29 is 9.53 Å². The van der Waals surface area contributed by atoms with Gasteiger partial charge in [0.2, 0.25) is 5.91 Å². The second-order valence-corrected chi connectivity index (χ2v) is 4.57. The first-order valence-corrected chi connectivity index (χ1v) is 5.82. The Morgan fingerprint density at radius 1 is 1.53 bits per heavy atom. The average Bonchev–Trinajstić information content (AvgIpc) is 2.74. The Bertz CT molecular complexity index is 420. The Hall–Kier alpha value is -1.55. The van der Waals surface area contributed by atoms with E-state index in [4.69, 9.17) is 10.5 Å². The van der Waals surface area contributed by atoms with Crippen LogP contribution in [-0.2, 0) is 9.53 Å². The molecule has 0 aromatic heterocycles. The fraction of sp³-hybridized carbons (Fsp3) is 0.462. The molecule has 17 heavy (non-hydrogen) atoms. The molecule has 1 fully saturated rings. The second-order valence-electron chi connectivity index (χ2n) is 4.57. The van der Waals surface area contributed by atoms with Crippen LogP contribution < -0.4 is 10.6 Å². The number of carbonyl (C=O) groups is 1. The van der Waals surface area contributed by atoms with E-state index in [1.165, 1.54) is 0 Å². The van der Waals surface area contributed by atoms with E-state index in [0.717, 1.165) is 12.1 Å². The van der Waals surface area contributed by atoms with Gasteiger partial charge in [-0.1, -0.05) is 6.07 Å². The number of hydrogen-bond donors (Lipinski definition) is 1. The number of nitrogen functional groups attached to an aromatic ring is 1. The van der Waals surface area contributed by atoms with Crippen molar-refractivity contribution >= 4 is 17.3 Å². The number of anilines is 2. The van der Waals surface area contributed by atoms with Gasteiger partial charge in [-0.2, -0.15) is 0 Å². The van der Waals surface area contributed by atoms with Crippen LogP contribution in [0.15, 0.2) is 24.3 Å². The highest BCUT2D eigenvalue weighted by Gasteiger charge is 2.30. The molecule has 4 heteroatoms. The summed E-state index contributed by atoms with van der Waals surface area (Å²) in [6, 6.07) is 7.34. The molecule has 1 aromatic rings. The largest absolute Gasteiger partial charge is 0.399 e. The van der Waals surface area contributed by atoms with Crippen molar-refractivity contribution in [2.24, 2.45) is 5.92 Å². The first-order chi connectivity index (χ1) is 8.08. The van der Waals surface area contributed by atoms with Crippen LogP contribution in [0.25, 0.3) is 0 Å². The number of carbonyl (C=O) groups excluding carboxylic acids is 1. The molecule has 92 valence electrons. The van der Waals surface area contributed by atoms with Crippen molar-refractivity contribution in [1.29, 1.82) is 0 Å². The zero-order valence-electron chi connectivity index (χ0n) is 10.2. The minimum absolute atomic E-state index is 0.0311. The van der Waals surface area contributed by atoms with Crippen LogP contribution in [0.3, 0.4) is 0 Å². The number of nitrogens with two attached hydrogens (primary N) is 1. The molecule has 1 saturated heterocycles. The molecule has 0 bridgehead atoms. The van der Waals surface area contributed by atoms with Gasteiger partial charge in [0.1, 0.15) is 0 Å². The van der Waals surface area contributed by atoms with Gasteiger partial charge in [0.15, 0.2) is 0 Å². The molecule has 0 radical (unpaired) electrons. The van der Waals surface area contributed by atoms with Crippen LogP contribution >= 0.6 is 0 Å². The molecule has 1 amide bonds. The van der Waals surface area contributed by atoms with Crippen molar-refractivity contribution in [1.82, 2.24) is 0 Å². The summed E-state index contributed by atoms with van der Waals surface area (Å²) in [4.78, 5) is 13.9. The van der Waals surface area contributed by atoms with E-state index in [0.29, 0.717) is 12.3 Å². The van der Waals surface area contributed by atoms with Crippen LogP contribution in [0.1, 0.15) is 13.3 Å². The maximum atomic E-state index is 12.2. The van der Waals surface area contributed by atoms with Gasteiger partial charge >= 0.3 is 0 Å². The molecule has 1 aliphatic rings. The van der Waals surface area contributed by atoms with Gasteiger partial charge in [-0.25, -0.2) is 0 Å². The highest BCUT2D eigenvalue weighted by molar-refractivity contribution is 5.95. The van der Waals surface area contributed by atoms with Gasteiger partial charge < -0.3 is 15.4 Å². The van der Waals surface area contributed by atoms with Gasteiger partial charge in [0.05, 0.1) is 18.6 Å². The van der Waals surface area contributed by atoms with Gasteiger partial charge in [-0.3, -0.25) is 4.79 Å². The van der Waals surface area contributed by atoms with Gasteiger partial charge in [-0.05, 0) is 31.5 Å². The molecule has 0 spiro atoms. The fourth-order valence-electron chi connectivity index (χ4n) is 2.12. The number of hydrogen-bond acceptors (Lipinski definition) is 3. The normalized spacial score (nSPS) is 23.6. The molecule has 4 nitrogen and oxygen atoms in total. The molecule has 1 aliphatic heterocycles. The molecule has 2 N–H and O–H groups in total. The Kier molecular flexibility index (Phi) is 3.33. The van der Waals surface area contributed by atoms with Crippen molar-refractivity contribution in [2.45, 2.75) is 19.4 Å². The summed E-state index contributed by atoms with van der Waals surface area (Å²) >= 11 is 0. The summed E-state index contributed by atoms with van der Waals surface area (Å²) in [7, 11) is 1.78. The molecule has 1 aromatic carbocycles. The summed E-state index contributed by atoms with van der Waals surface area (Å²) in [6.07, 6.45) is 0.976. The molecular formula is C13H18N2O2. The lowest BCUT2D eigenvalue weighted by molar-refractivity contribution is -0.122. The van der Waals surface area contributed by atoms with Crippen LogP contribution in [0.5, 0.6) is 0 Å². The van der Waals surface area contributed by atoms with E-state index >= 15 is 0 Å². The van der Waals surface area contributed by atoms with E-state index in [2.05, 4.69) is 0 Å². The lowest BCUT2D eigenvalue weighted by Crippen LogP contribution is -2.33. The highest BCUT2D eigenvalue weighted by atomic mass is 16.5. The van der Waals surface area contributed by atoms with E-state index in [-0.39, 0.29) is 17.9 Å². The third kappa shape index (κ3) is 2.58. The third-order valence-electron chi connectivity index (χ3n) is 3.14. The van der Waals surface area contributed by atoms with Gasteiger partial charge in [0, 0.05) is 18.4 Å². The molecule has 0 aliphatic carbocycles. The van der Waals surface area contributed by atoms with Crippen LogP contribution in [0, 0.1) is 5.92 Å². The lowest BCUT2D eigenvalue weighted by atomic mass is 10.0. The monoisotopic (exact) mass is 234 g/mol. The zero-order chi connectivity index (χ0) is 12.4. The number of amides is 1. The Labute approximate surface area is 101 Å². The summed E-state index contributed by atoms with van der Waals surface area (Å²) in [6.45, 7) is 2.51. The summed E-state index contributed by atoms with van der Waals surface area (Å²) in [5, 5.41) is 0. The van der Waals surface area contributed by atoms with E-state index < -0.39 is 0 Å². The standard InChI is InChI=1S/C13H18N2O2/c1-9-6-10(8-17-9)13(16)15(2)12-5-3-4-11(14)7-12/h3-5,7,9-10H,6,8,14H2,1-2H3. The smallest absolute Gasteiger partial charge is 0.232 e. The first-order valence-electron chi connectivity index (χ1n) is 5.82. The predicted octanol–water partition coefficient (Wildman–Crippen LogP) is 1.66. The predicted molar refractivity (Wildman–Crippen MR) is 67.8 cm³/mol. The summed E-state index contributed by atoms with van der Waals surface area (Å²) in [5.41, 5.74) is 7.20. The quantitative estimate of drug-likeness (QED) is 0.792. The van der Waals surface area contributed by atoms with Crippen LogP contribution in [0.4, 0.5) is 11.4 Å². The number of benzene rings is 1. The fourth-order valence-corrected chi connectivity index (χ4v) is 2.12. The van der Waals surface area contributed by atoms with E-state index in [1.807, 2.05) is 25.1 Å². The minimum Gasteiger partial charge on any atom is -0.399 e. The molecule has 2 atom stereocenters. The summed E-state index contributed by atoms with van der Waals surface area (Å²) < 4.78 is 5.42. The van der Waals surface area contributed by atoms with Crippen molar-refractivity contribution in [3.63, 3.8) is 0 Å². The highest BCUT2D eigenvalue weighted by Crippen LogP contribution is 2.24. The Morgan fingerprint density at radius 3 is 2.88 bits per heavy atom. The third-order valence-corrected chi connectivity index (χ3v) is 3.14. The number of ether oxygens (including phenoxy) is 1. The lowest BCUT2D eigenvalue weighted by Gasteiger charge is -2.20. The van der Waals surface area contributed by atoms with Crippen molar-refractivity contribution in [3.05, 3.63) is 24.3 Å². The van der Waals surface area contributed by atoms with Crippen LogP contribution in [0.2, 0.25) is 0 Å². The van der Waals surface area contributed by atoms with E-state index in [9.17, 15) is 4.79 Å². The molecule has 2 unspecified atom stereocenters. The average molecular weight is 234 g/mol. The summed E-state index contributed by atoms with van der Waals surface area (Å²) in [5.74, 6) is 0.0661. The van der Waals surface area contributed by atoms with E-state index in [1.54, 1.807) is 18.0 Å². The van der Waals surface area contributed by atoms with Gasteiger partial charge in [0.25, 0.3) is 0 Å². The number of nitrogens with zero attached hydrogens (tertiary/aromatic N) is 1.